The molecule has 1 aliphatic heterocycles. The van der Waals surface area contributed by atoms with Crippen molar-refractivity contribution in [3.8, 4) is 0 Å². The van der Waals surface area contributed by atoms with E-state index in [9.17, 15) is 0 Å². The Morgan fingerprint density at radius 3 is 2.38 bits per heavy atom. The summed E-state index contributed by atoms with van der Waals surface area (Å²) in [6.07, 6.45) is 2.11. The van der Waals surface area contributed by atoms with E-state index in [-0.39, 0.29) is 12.4 Å². The summed E-state index contributed by atoms with van der Waals surface area (Å²) < 4.78 is 0. The van der Waals surface area contributed by atoms with Gasteiger partial charge in [0.1, 0.15) is 0 Å². The Labute approximate surface area is 108 Å². The number of nitrogens with zero attached hydrogens (tertiary/aromatic N) is 1. The van der Waals surface area contributed by atoms with E-state index in [1.807, 2.05) is 0 Å². The van der Waals surface area contributed by atoms with Gasteiger partial charge in [0.2, 0.25) is 0 Å². The SMILES string of the molecule is CSc1ccc(CN(C)C2CNC2)cc1.Cl. The van der Waals surface area contributed by atoms with Gasteiger partial charge in [0, 0.05) is 30.6 Å². The monoisotopic (exact) mass is 258 g/mol. The molecule has 1 fully saturated rings. The summed E-state index contributed by atoms with van der Waals surface area (Å²) >= 11 is 1.79. The highest BCUT2D eigenvalue weighted by Gasteiger charge is 2.20. The lowest BCUT2D eigenvalue weighted by molar-refractivity contribution is 0.173. The molecule has 1 heterocycles. The van der Waals surface area contributed by atoms with Crippen LogP contribution < -0.4 is 5.32 Å². The van der Waals surface area contributed by atoms with E-state index in [1.54, 1.807) is 11.8 Å². The average molecular weight is 259 g/mol. The van der Waals surface area contributed by atoms with Crippen molar-refractivity contribution in [1.29, 1.82) is 0 Å². The number of halogens is 1. The smallest absolute Gasteiger partial charge is 0.0345 e. The van der Waals surface area contributed by atoms with Crippen molar-refractivity contribution in [1.82, 2.24) is 10.2 Å². The first-order valence-electron chi connectivity index (χ1n) is 5.33. The standard InChI is InChI=1S/C12H18N2S.ClH/c1-14(11-7-13-8-11)9-10-3-5-12(15-2)6-4-10;/h3-6,11,13H,7-9H2,1-2H3;1H. The van der Waals surface area contributed by atoms with E-state index < -0.39 is 0 Å². The van der Waals surface area contributed by atoms with Crippen molar-refractivity contribution in [2.24, 2.45) is 0 Å². The molecule has 1 aromatic rings. The number of likely N-dealkylation sites (N-methyl/N-ethyl adjacent to an activating group) is 1. The first-order valence-corrected chi connectivity index (χ1v) is 6.56. The van der Waals surface area contributed by atoms with Crippen LogP contribution >= 0.6 is 24.2 Å². The van der Waals surface area contributed by atoms with Crippen LogP contribution in [0.25, 0.3) is 0 Å². The summed E-state index contributed by atoms with van der Waals surface area (Å²) in [6.45, 7) is 3.33. The van der Waals surface area contributed by atoms with Crippen LogP contribution in [-0.2, 0) is 6.54 Å². The largest absolute Gasteiger partial charge is 0.314 e. The Morgan fingerprint density at radius 2 is 1.94 bits per heavy atom. The van der Waals surface area contributed by atoms with Crippen LogP contribution in [0.2, 0.25) is 0 Å². The van der Waals surface area contributed by atoms with Crippen molar-refractivity contribution >= 4 is 24.2 Å². The van der Waals surface area contributed by atoms with E-state index in [0.29, 0.717) is 0 Å². The second-order valence-corrected chi connectivity index (χ2v) is 4.95. The molecule has 0 amide bonds. The normalized spacial score (nSPS) is 15.7. The minimum atomic E-state index is 0. The second-order valence-electron chi connectivity index (χ2n) is 4.08. The fourth-order valence-corrected chi connectivity index (χ4v) is 2.14. The Kier molecular flexibility index (Phi) is 5.62. The Balaban J connectivity index is 0.00000128. The number of thioether (sulfide) groups is 1. The van der Waals surface area contributed by atoms with Crippen molar-refractivity contribution in [2.75, 3.05) is 26.4 Å². The summed E-state index contributed by atoms with van der Waals surface area (Å²) in [5.74, 6) is 0. The van der Waals surface area contributed by atoms with Crippen LogP contribution in [0, 0.1) is 0 Å². The highest BCUT2D eigenvalue weighted by molar-refractivity contribution is 7.98. The van der Waals surface area contributed by atoms with Crippen LogP contribution in [0.5, 0.6) is 0 Å². The number of hydrogen-bond acceptors (Lipinski definition) is 3. The van der Waals surface area contributed by atoms with Crippen molar-refractivity contribution < 1.29 is 0 Å². The summed E-state index contributed by atoms with van der Waals surface area (Å²) in [7, 11) is 2.20. The molecule has 0 aromatic heterocycles. The highest BCUT2D eigenvalue weighted by atomic mass is 35.5. The molecule has 0 radical (unpaired) electrons. The van der Waals surface area contributed by atoms with Crippen LogP contribution in [0.15, 0.2) is 29.2 Å². The van der Waals surface area contributed by atoms with Gasteiger partial charge in [-0.2, -0.15) is 0 Å². The van der Waals surface area contributed by atoms with Crippen molar-refractivity contribution in [3.63, 3.8) is 0 Å². The Hall–Kier alpha value is -0.220. The molecule has 0 unspecified atom stereocenters. The van der Waals surface area contributed by atoms with Crippen molar-refractivity contribution in [3.05, 3.63) is 29.8 Å². The minimum absolute atomic E-state index is 0. The van der Waals surface area contributed by atoms with Crippen LogP contribution in [0.3, 0.4) is 0 Å². The van der Waals surface area contributed by atoms with Crippen LogP contribution in [0.4, 0.5) is 0 Å². The second kappa shape index (κ2) is 6.50. The van der Waals surface area contributed by atoms with Gasteiger partial charge in [-0.3, -0.25) is 4.90 Å². The molecule has 0 saturated carbocycles. The predicted molar refractivity (Wildman–Crippen MR) is 73.6 cm³/mol. The molecule has 1 N–H and O–H groups in total. The Morgan fingerprint density at radius 1 is 1.31 bits per heavy atom. The summed E-state index contributed by atoms with van der Waals surface area (Å²) in [5.41, 5.74) is 1.40. The molecule has 90 valence electrons. The zero-order valence-corrected chi connectivity index (χ0v) is 11.4. The van der Waals surface area contributed by atoms with E-state index in [4.69, 9.17) is 0 Å². The van der Waals surface area contributed by atoms with Crippen LogP contribution in [0.1, 0.15) is 5.56 Å². The van der Waals surface area contributed by atoms with Gasteiger partial charge >= 0.3 is 0 Å². The number of hydrogen-bond donors (Lipinski definition) is 1. The lowest BCUT2D eigenvalue weighted by atomic mass is 10.1. The van der Waals surface area contributed by atoms with E-state index in [0.717, 1.165) is 25.7 Å². The van der Waals surface area contributed by atoms with E-state index in [1.165, 1.54) is 10.5 Å². The first kappa shape index (κ1) is 13.8. The van der Waals surface area contributed by atoms with Gasteiger partial charge in [-0.1, -0.05) is 12.1 Å². The fraction of sp³-hybridized carbons (Fsp3) is 0.500. The summed E-state index contributed by atoms with van der Waals surface area (Å²) in [4.78, 5) is 3.76. The van der Waals surface area contributed by atoms with Crippen molar-refractivity contribution in [2.45, 2.75) is 17.5 Å². The van der Waals surface area contributed by atoms with Gasteiger partial charge in [0.05, 0.1) is 0 Å². The quantitative estimate of drug-likeness (QED) is 0.834. The number of nitrogens with one attached hydrogen (secondary N) is 1. The van der Waals surface area contributed by atoms with Gasteiger partial charge in [0.25, 0.3) is 0 Å². The number of rotatable bonds is 4. The van der Waals surface area contributed by atoms with Crippen LogP contribution in [-0.4, -0.2) is 37.3 Å². The lowest BCUT2D eigenvalue weighted by Gasteiger charge is -2.35. The van der Waals surface area contributed by atoms with Gasteiger partial charge in [0.15, 0.2) is 0 Å². The maximum absolute atomic E-state index is 3.30. The van der Waals surface area contributed by atoms with Gasteiger partial charge in [-0.15, -0.1) is 24.2 Å². The lowest BCUT2D eigenvalue weighted by Crippen LogP contribution is -2.55. The molecule has 2 nitrogen and oxygen atoms in total. The molecule has 0 atom stereocenters. The molecule has 0 aliphatic carbocycles. The molecule has 0 spiro atoms. The topological polar surface area (TPSA) is 15.3 Å². The Bertz CT molecular complexity index is 311. The van der Waals surface area contributed by atoms with Gasteiger partial charge < -0.3 is 5.32 Å². The molecular weight excluding hydrogens is 240 g/mol. The molecular formula is C12H19ClN2S. The molecule has 16 heavy (non-hydrogen) atoms. The predicted octanol–water partition coefficient (Wildman–Crippen LogP) is 2.23. The maximum atomic E-state index is 3.30. The fourth-order valence-electron chi connectivity index (χ4n) is 1.73. The third kappa shape index (κ3) is 3.39. The molecule has 1 aromatic carbocycles. The summed E-state index contributed by atoms with van der Waals surface area (Å²) in [5, 5.41) is 3.30. The zero-order valence-electron chi connectivity index (χ0n) is 9.77. The van der Waals surface area contributed by atoms with Gasteiger partial charge in [-0.05, 0) is 31.0 Å². The molecule has 1 aliphatic rings. The molecule has 0 bridgehead atoms. The van der Waals surface area contributed by atoms with Gasteiger partial charge in [-0.25, -0.2) is 0 Å². The van der Waals surface area contributed by atoms with E-state index >= 15 is 0 Å². The van der Waals surface area contributed by atoms with E-state index in [2.05, 4.69) is 47.8 Å². The average Bonchev–Trinajstić information content (AvgIpc) is 2.16. The third-order valence-electron chi connectivity index (χ3n) is 2.97. The number of benzene rings is 1. The molecule has 1 saturated heterocycles. The zero-order chi connectivity index (χ0) is 10.7. The highest BCUT2D eigenvalue weighted by Crippen LogP contribution is 2.16. The third-order valence-corrected chi connectivity index (χ3v) is 3.72. The molecule has 2 rings (SSSR count). The molecule has 4 heteroatoms. The maximum Gasteiger partial charge on any atom is 0.0345 e. The summed E-state index contributed by atoms with van der Waals surface area (Å²) in [6, 6.07) is 9.59. The first-order chi connectivity index (χ1) is 7.29. The minimum Gasteiger partial charge on any atom is -0.314 e.